The van der Waals surface area contributed by atoms with Crippen LogP contribution in [0.1, 0.15) is 35.5 Å². The molecular formula is C25H27N5O4S. The monoisotopic (exact) mass is 493 g/mol. The zero-order valence-electron chi connectivity index (χ0n) is 19.4. The van der Waals surface area contributed by atoms with Crippen LogP contribution in [0.25, 0.3) is 21.3 Å². The number of para-hydroxylation sites is 2. The lowest BCUT2D eigenvalue weighted by atomic mass is 9.97. The Kier molecular flexibility index (Phi) is 5.77. The van der Waals surface area contributed by atoms with Crippen LogP contribution in [0.15, 0.2) is 38.3 Å². The zero-order valence-corrected chi connectivity index (χ0v) is 20.2. The summed E-state index contributed by atoms with van der Waals surface area (Å²) in [5, 5.41) is 0.786. The van der Waals surface area contributed by atoms with E-state index in [4.69, 9.17) is 9.40 Å². The average Bonchev–Trinajstić information content (AvgIpc) is 3.39. The molecule has 2 aliphatic rings. The summed E-state index contributed by atoms with van der Waals surface area (Å²) in [5.74, 6) is 0.278. The maximum atomic E-state index is 12.8. The van der Waals surface area contributed by atoms with Gasteiger partial charge >= 0.3 is 5.76 Å². The number of H-pyrrole nitrogens is 1. The van der Waals surface area contributed by atoms with Crippen molar-refractivity contribution in [3.8, 4) is 0 Å². The Bertz CT molecular complexity index is 1520. The molecule has 0 atom stereocenters. The topological polar surface area (TPSA) is 104 Å². The smallest absolute Gasteiger partial charge is 0.408 e. The van der Waals surface area contributed by atoms with E-state index in [1.165, 1.54) is 21.4 Å². The minimum Gasteiger partial charge on any atom is -0.408 e. The number of fused-ring (bicyclic) bond motifs is 4. The van der Waals surface area contributed by atoms with Crippen LogP contribution < -0.4 is 11.3 Å². The van der Waals surface area contributed by atoms with Gasteiger partial charge in [-0.25, -0.2) is 9.78 Å². The number of thiophene rings is 1. The molecule has 0 bridgehead atoms. The summed E-state index contributed by atoms with van der Waals surface area (Å²) < 4.78 is 6.77. The Morgan fingerprint density at radius 3 is 2.74 bits per heavy atom. The second kappa shape index (κ2) is 9.09. The number of oxazole rings is 1. The fourth-order valence-corrected chi connectivity index (χ4v) is 6.52. The van der Waals surface area contributed by atoms with Crippen molar-refractivity contribution in [3.63, 3.8) is 0 Å². The van der Waals surface area contributed by atoms with Crippen LogP contribution in [0.3, 0.4) is 0 Å². The zero-order chi connectivity index (χ0) is 23.9. The fourth-order valence-electron chi connectivity index (χ4n) is 5.24. The number of nitrogens with zero attached hydrogens (tertiary/aromatic N) is 4. The van der Waals surface area contributed by atoms with Gasteiger partial charge in [-0.3, -0.25) is 19.1 Å². The Balaban J connectivity index is 1.07. The third-order valence-corrected chi connectivity index (χ3v) is 8.28. The van der Waals surface area contributed by atoms with Crippen LogP contribution in [0.4, 0.5) is 0 Å². The highest BCUT2D eigenvalue weighted by atomic mass is 32.1. The van der Waals surface area contributed by atoms with Crippen LogP contribution >= 0.6 is 11.3 Å². The summed E-state index contributed by atoms with van der Waals surface area (Å²) in [7, 11) is 0. The third kappa shape index (κ3) is 4.21. The summed E-state index contributed by atoms with van der Waals surface area (Å²) in [5.41, 5.74) is 2.42. The summed E-state index contributed by atoms with van der Waals surface area (Å²) in [4.78, 5) is 51.8. The van der Waals surface area contributed by atoms with Crippen LogP contribution in [0, 0.1) is 0 Å². The number of hydrogen-bond donors (Lipinski definition) is 1. The van der Waals surface area contributed by atoms with E-state index >= 15 is 0 Å². The van der Waals surface area contributed by atoms with Gasteiger partial charge in [0.25, 0.3) is 5.56 Å². The van der Waals surface area contributed by atoms with E-state index in [1.807, 2.05) is 23.1 Å². The molecule has 0 radical (unpaired) electrons. The molecule has 4 heterocycles. The van der Waals surface area contributed by atoms with E-state index in [2.05, 4.69) is 9.88 Å². The lowest BCUT2D eigenvalue weighted by molar-refractivity contribution is -0.133. The Morgan fingerprint density at radius 1 is 1.09 bits per heavy atom. The van der Waals surface area contributed by atoms with E-state index in [0.29, 0.717) is 56.2 Å². The van der Waals surface area contributed by atoms with Gasteiger partial charge in [-0.2, -0.15) is 0 Å². The molecule has 1 fully saturated rings. The van der Waals surface area contributed by atoms with Gasteiger partial charge in [0.05, 0.1) is 17.4 Å². The SMILES string of the molecule is O=C(CCn1c(=O)oc2ccccc21)N1CCN(Cc2nc3sc4c(c3c(=O)[nH]2)CCCC4)CC1. The number of piperazine rings is 1. The quantitative estimate of drug-likeness (QED) is 0.458. The lowest BCUT2D eigenvalue weighted by Gasteiger charge is -2.34. The molecule has 10 heteroatoms. The van der Waals surface area contributed by atoms with Gasteiger partial charge < -0.3 is 14.3 Å². The van der Waals surface area contributed by atoms with Crippen molar-refractivity contribution < 1.29 is 9.21 Å². The molecule has 3 aromatic heterocycles. The second-order valence-electron chi connectivity index (χ2n) is 9.30. The largest absolute Gasteiger partial charge is 0.419 e. The number of rotatable bonds is 5. The Labute approximate surface area is 205 Å². The molecular weight excluding hydrogens is 466 g/mol. The molecule has 1 aromatic carbocycles. The van der Waals surface area contributed by atoms with Gasteiger partial charge in [0.2, 0.25) is 5.91 Å². The van der Waals surface area contributed by atoms with Crippen molar-refractivity contribution in [2.24, 2.45) is 0 Å². The van der Waals surface area contributed by atoms with Crippen LogP contribution in [0.2, 0.25) is 0 Å². The molecule has 0 unspecified atom stereocenters. The second-order valence-corrected chi connectivity index (χ2v) is 10.4. The molecule has 35 heavy (non-hydrogen) atoms. The van der Waals surface area contributed by atoms with Crippen molar-refractivity contribution in [3.05, 3.63) is 61.4 Å². The lowest BCUT2D eigenvalue weighted by Crippen LogP contribution is -2.48. The van der Waals surface area contributed by atoms with Crippen molar-refractivity contribution in [1.29, 1.82) is 0 Å². The van der Waals surface area contributed by atoms with E-state index in [-0.39, 0.29) is 17.9 Å². The Hall–Kier alpha value is -3.24. The van der Waals surface area contributed by atoms with Gasteiger partial charge in [-0.1, -0.05) is 12.1 Å². The molecule has 1 saturated heterocycles. The molecule has 1 aliphatic carbocycles. The summed E-state index contributed by atoms with van der Waals surface area (Å²) >= 11 is 1.67. The van der Waals surface area contributed by atoms with E-state index in [9.17, 15) is 14.4 Å². The van der Waals surface area contributed by atoms with Crippen molar-refractivity contribution in [2.75, 3.05) is 26.2 Å². The van der Waals surface area contributed by atoms with Gasteiger partial charge in [-0.15, -0.1) is 11.3 Å². The maximum Gasteiger partial charge on any atom is 0.419 e. The summed E-state index contributed by atoms with van der Waals surface area (Å²) in [6.45, 7) is 3.50. The number of carbonyl (C=O) groups is 1. The van der Waals surface area contributed by atoms with Gasteiger partial charge in [0, 0.05) is 44.0 Å². The van der Waals surface area contributed by atoms with Crippen molar-refractivity contribution in [2.45, 2.75) is 45.2 Å². The number of aryl methyl sites for hydroxylation is 3. The van der Waals surface area contributed by atoms with Crippen molar-refractivity contribution in [1.82, 2.24) is 24.3 Å². The predicted molar refractivity (Wildman–Crippen MR) is 134 cm³/mol. The average molecular weight is 494 g/mol. The first-order chi connectivity index (χ1) is 17.1. The first-order valence-electron chi connectivity index (χ1n) is 12.2. The van der Waals surface area contributed by atoms with E-state index in [1.54, 1.807) is 17.4 Å². The molecule has 0 spiro atoms. The number of aromatic amines is 1. The van der Waals surface area contributed by atoms with Gasteiger partial charge in [0.15, 0.2) is 5.58 Å². The summed E-state index contributed by atoms with van der Waals surface area (Å²) in [6, 6.07) is 7.24. The highest BCUT2D eigenvalue weighted by Crippen LogP contribution is 2.33. The number of amides is 1. The maximum absolute atomic E-state index is 12.8. The van der Waals surface area contributed by atoms with Crippen LogP contribution in [-0.4, -0.2) is 56.4 Å². The number of aromatic nitrogens is 3. The summed E-state index contributed by atoms with van der Waals surface area (Å²) in [6.07, 6.45) is 4.59. The number of carbonyl (C=O) groups excluding carboxylic acids is 1. The molecule has 0 saturated carbocycles. The minimum atomic E-state index is -0.436. The molecule has 9 nitrogen and oxygen atoms in total. The highest BCUT2D eigenvalue weighted by Gasteiger charge is 2.24. The van der Waals surface area contributed by atoms with Crippen LogP contribution in [0.5, 0.6) is 0 Å². The fraction of sp³-hybridized carbons (Fsp3) is 0.440. The first kappa shape index (κ1) is 22.2. The van der Waals surface area contributed by atoms with Crippen LogP contribution in [-0.2, 0) is 30.7 Å². The predicted octanol–water partition coefficient (Wildman–Crippen LogP) is 2.51. The van der Waals surface area contributed by atoms with E-state index in [0.717, 1.165) is 29.5 Å². The van der Waals surface area contributed by atoms with E-state index < -0.39 is 5.76 Å². The third-order valence-electron chi connectivity index (χ3n) is 7.10. The normalized spacial score (nSPS) is 16.7. The molecule has 182 valence electrons. The molecule has 1 aliphatic heterocycles. The molecule has 4 aromatic rings. The molecule has 1 amide bonds. The minimum absolute atomic E-state index is 0.0268. The van der Waals surface area contributed by atoms with Crippen molar-refractivity contribution >= 4 is 38.6 Å². The highest BCUT2D eigenvalue weighted by molar-refractivity contribution is 7.18. The number of benzene rings is 1. The molecule has 6 rings (SSSR count). The number of nitrogens with one attached hydrogen (secondary N) is 1. The van der Waals surface area contributed by atoms with Gasteiger partial charge in [0.1, 0.15) is 10.7 Å². The Morgan fingerprint density at radius 2 is 1.89 bits per heavy atom. The molecule has 1 N–H and O–H groups in total. The van der Waals surface area contributed by atoms with Gasteiger partial charge in [-0.05, 0) is 43.4 Å². The number of hydrogen-bond acceptors (Lipinski definition) is 7. The standard InChI is InChI=1S/C25H27N5O4S/c31-21(9-10-30-17-6-2-3-7-18(17)34-25(30)33)29-13-11-28(12-14-29)15-20-26-23(32)22-16-5-1-4-8-19(16)35-24(22)27-20/h2-3,6-7H,1,4-5,8-15H2,(H,26,27,32). The first-order valence-corrected chi connectivity index (χ1v) is 13.0.